The van der Waals surface area contributed by atoms with Gasteiger partial charge in [0.1, 0.15) is 5.82 Å². The largest absolute Gasteiger partial charge is 0.312 e. The molecule has 1 N–H and O–H groups in total. The van der Waals surface area contributed by atoms with Gasteiger partial charge in [0.05, 0.1) is 0 Å². The van der Waals surface area contributed by atoms with Gasteiger partial charge in [-0.2, -0.15) is 0 Å². The molecule has 1 aromatic carbocycles. The Morgan fingerprint density at radius 3 is 2.75 bits per heavy atom. The summed E-state index contributed by atoms with van der Waals surface area (Å²) >= 11 is 0. The predicted molar refractivity (Wildman–Crippen MR) is 80.2 cm³/mol. The van der Waals surface area contributed by atoms with Crippen LogP contribution in [0.5, 0.6) is 0 Å². The number of fused-ring (bicyclic) bond motifs is 1. The standard InChI is InChI=1S/C17H21FN2/c1-11-6-14-7-15(10-19-9-13-4-3-5-13)17(18)8-16(14)12(2)20-11/h6-8,13,19H,3-5,9-10H2,1-2H3. The molecule has 0 radical (unpaired) electrons. The van der Waals surface area contributed by atoms with Gasteiger partial charge in [0.15, 0.2) is 0 Å². The molecule has 0 spiro atoms. The van der Waals surface area contributed by atoms with Crippen molar-refractivity contribution in [3.05, 3.63) is 41.0 Å². The lowest BCUT2D eigenvalue weighted by Crippen LogP contribution is -2.27. The second kappa shape index (κ2) is 5.49. The number of nitrogens with one attached hydrogen (secondary N) is 1. The van der Waals surface area contributed by atoms with Crippen LogP contribution in [0.15, 0.2) is 18.2 Å². The molecule has 1 heterocycles. The average molecular weight is 272 g/mol. The van der Waals surface area contributed by atoms with Crippen LogP contribution in [-0.4, -0.2) is 11.5 Å². The normalized spacial score (nSPS) is 15.6. The van der Waals surface area contributed by atoms with E-state index in [1.807, 2.05) is 26.0 Å². The highest BCUT2D eigenvalue weighted by Gasteiger charge is 2.16. The molecule has 1 aromatic heterocycles. The molecule has 0 amide bonds. The Bertz CT molecular complexity index is 632. The van der Waals surface area contributed by atoms with Crippen LogP contribution in [0.2, 0.25) is 0 Å². The van der Waals surface area contributed by atoms with Crippen molar-refractivity contribution in [3.63, 3.8) is 0 Å². The van der Waals surface area contributed by atoms with Gasteiger partial charge < -0.3 is 5.32 Å². The maximum atomic E-state index is 14.2. The van der Waals surface area contributed by atoms with Gasteiger partial charge in [0.25, 0.3) is 0 Å². The van der Waals surface area contributed by atoms with Crippen molar-refractivity contribution >= 4 is 10.8 Å². The summed E-state index contributed by atoms with van der Waals surface area (Å²) in [5.74, 6) is 0.666. The lowest BCUT2D eigenvalue weighted by molar-refractivity contribution is 0.301. The van der Waals surface area contributed by atoms with E-state index in [1.165, 1.54) is 19.3 Å². The van der Waals surface area contributed by atoms with Gasteiger partial charge in [0.2, 0.25) is 0 Å². The van der Waals surface area contributed by atoms with Crippen LogP contribution in [0, 0.1) is 25.6 Å². The Kier molecular flexibility index (Phi) is 3.70. The van der Waals surface area contributed by atoms with Crippen molar-refractivity contribution < 1.29 is 4.39 Å². The second-order valence-corrected chi connectivity index (χ2v) is 5.94. The van der Waals surface area contributed by atoms with Crippen molar-refractivity contribution in [2.24, 2.45) is 5.92 Å². The molecule has 1 aliphatic carbocycles. The number of rotatable bonds is 4. The highest BCUT2D eigenvalue weighted by Crippen LogP contribution is 2.26. The third kappa shape index (κ3) is 2.68. The number of hydrogen-bond acceptors (Lipinski definition) is 2. The molecule has 1 saturated carbocycles. The first-order chi connectivity index (χ1) is 9.63. The first-order valence-corrected chi connectivity index (χ1v) is 7.40. The summed E-state index contributed by atoms with van der Waals surface area (Å²) in [4.78, 5) is 4.39. The summed E-state index contributed by atoms with van der Waals surface area (Å²) in [6.45, 7) is 5.53. The summed E-state index contributed by atoms with van der Waals surface area (Å²) < 4.78 is 14.2. The Morgan fingerprint density at radius 1 is 1.25 bits per heavy atom. The van der Waals surface area contributed by atoms with Crippen molar-refractivity contribution in [1.82, 2.24) is 10.3 Å². The summed E-state index contributed by atoms with van der Waals surface area (Å²) in [6, 6.07) is 5.61. The Morgan fingerprint density at radius 2 is 2.05 bits per heavy atom. The van der Waals surface area contributed by atoms with Crippen molar-refractivity contribution in [3.8, 4) is 0 Å². The van der Waals surface area contributed by atoms with E-state index in [1.54, 1.807) is 6.07 Å². The molecule has 0 atom stereocenters. The quantitative estimate of drug-likeness (QED) is 0.913. The van der Waals surface area contributed by atoms with E-state index in [0.29, 0.717) is 6.54 Å². The van der Waals surface area contributed by atoms with E-state index in [0.717, 1.165) is 40.2 Å². The van der Waals surface area contributed by atoms with E-state index in [4.69, 9.17) is 0 Å². The van der Waals surface area contributed by atoms with Gasteiger partial charge in [0, 0.05) is 28.9 Å². The van der Waals surface area contributed by atoms with Crippen molar-refractivity contribution in [2.75, 3.05) is 6.54 Å². The van der Waals surface area contributed by atoms with Gasteiger partial charge in [-0.15, -0.1) is 0 Å². The Balaban J connectivity index is 1.81. The minimum atomic E-state index is -0.132. The van der Waals surface area contributed by atoms with Crippen LogP contribution in [-0.2, 0) is 6.54 Å². The van der Waals surface area contributed by atoms with Gasteiger partial charge in [-0.1, -0.05) is 6.42 Å². The zero-order chi connectivity index (χ0) is 14.1. The highest BCUT2D eigenvalue weighted by molar-refractivity contribution is 5.85. The molecule has 3 rings (SSSR count). The van der Waals surface area contributed by atoms with E-state index in [2.05, 4.69) is 10.3 Å². The molecular weight excluding hydrogens is 251 g/mol. The van der Waals surface area contributed by atoms with Gasteiger partial charge in [-0.25, -0.2) is 4.39 Å². The molecule has 3 heteroatoms. The van der Waals surface area contributed by atoms with Crippen LogP contribution in [0.4, 0.5) is 4.39 Å². The number of hydrogen-bond donors (Lipinski definition) is 1. The summed E-state index contributed by atoms with van der Waals surface area (Å²) in [5.41, 5.74) is 2.63. The van der Waals surface area contributed by atoms with Crippen molar-refractivity contribution in [1.29, 1.82) is 0 Å². The SMILES string of the molecule is Cc1cc2cc(CNCC3CCC3)c(F)cc2c(C)n1. The number of halogens is 1. The fourth-order valence-electron chi connectivity index (χ4n) is 2.90. The molecule has 2 aromatic rings. The van der Waals surface area contributed by atoms with Crippen molar-refractivity contribution in [2.45, 2.75) is 39.7 Å². The van der Waals surface area contributed by atoms with E-state index in [-0.39, 0.29) is 5.82 Å². The van der Waals surface area contributed by atoms with E-state index < -0.39 is 0 Å². The topological polar surface area (TPSA) is 24.9 Å². The number of benzene rings is 1. The first kappa shape index (κ1) is 13.5. The summed E-state index contributed by atoms with van der Waals surface area (Å²) in [5, 5.41) is 5.38. The molecule has 0 unspecified atom stereocenters. The predicted octanol–water partition coefficient (Wildman–Crippen LogP) is 3.88. The number of aromatic nitrogens is 1. The third-order valence-electron chi connectivity index (χ3n) is 4.29. The fraction of sp³-hybridized carbons (Fsp3) is 0.471. The van der Waals surface area contributed by atoms with E-state index in [9.17, 15) is 4.39 Å². The van der Waals surface area contributed by atoms with Gasteiger partial charge >= 0.3 is 0 Å². The molecule has 1 aliphatic rings. The number of aryl methyl sites for hydroxylation is 2. The van der Waals surface area contributed by atoms with Crippen LogP contribution in [0.25, 0.3) is 10.8 Å². The smallest absolute Gasteiger partial charge is 0.128 e. The molecule has 1 fully saturated rings. The summed E-state index contributed by atoms with van der Waals surface area (Å²) in [6.07, 6.45) is 3.98. The Hall–Kier alpha value is -1.48. The number of nitrogens with zero attached hydrogens (tertiary/aromatic N) is 1. The molecule has 20 heavy (non-hydrogen) atoms. The van der Waals surface area contributed by atoms with E-state index >= 15 is 0 Å². The maximum absolute atomic E-state index is 14.2. The lowest BCUT2D eigenvalue weighted by atomic mass is 9.85. The van der Waals surface area contributed by atoms with Crippen LogP contribution < -0.4 is 5.32 Å². The second-order valence-electron chi connectivity index (χ2n) is 5.94. The fourth-order valence-corrected chi connectivity index (χ4v) is 2.90. The molecule has 2 nitrogen and oxygen atoms in total. The van der Waals surface area contributed by atoms with Crippen LogP contribution >= 0.6 is 0 Å². The number of pyridine rings is 1. The first-order valence-electron chi connectivity index (χ1n) is 7.40. The molecular formula is C17H21FN2. The van der Waals surface area contributed by atoms with Gasteiger partial charge in [-0.3, -0.25) is 4.98 Å². The summed E-state index contributed by atoms with van der Waals surface area (Å²) in [7, 11) is 0. The van der Waals surface area contributed by atoms with Crippen LogP contribution in [0.1, 0.15) is 36.2 Å². The van der Waals surface area contributed by atoms with Gasteiger partial charge in [-0.05, 0) is 62.7 Å². The zero-order valence-electron chi connectivity index (χ0n) is 12.2. The molecule has 0 saturated heterocycles. The minimum Gasteiger partial charge on any atom is -0.312 e. The molecule has 0 aliphatic heterocycles. The lowest BCUT2D eigenvalue weighted by Gasteiger charge is -2.25. The van der Waals surface area contributed by atoms with Crippen LogP contribution in [0.3, 0.4) is 0 Å². The third-order valence-corrected chi connectivity index (χ3v) is 4.29. The molecule has 106 valence electrons. The maximum Gasteiger partial charge on any atom is 0.128 e. The molecule has 0 bridgehead atoms. The highest BCUT2D eigenvalue weighted by atomic mass is 19.1. The average Bonchev–Trinajstić information content (AvgIpc) is 2.34. The Labute approximate surface area is 119 Å². The minimum absolute atomic E-state index is 0.132. The monoisotopic (exact) mass is 272 g/mol. The zero-order valence-corrected chi connectivity index (χ0v) is 12.2.